The molecular formula is C14H11F3N4. The number of anilines is 2. The van der Waals surface area contributed by atoms with Crippen molar-refractivity contribution in [2.45, 2.75) is 6.18 Å². The van der Waals surface area contributed by atoms with Crippen LogP contribution in [0.4, 0.5) is 24.5 Å². The van der Waals surface area contributed by atoms with Crippen molar-refractivity contribution >= 4 is 22.4 Å². The Morgan fingerprint density at radius 3 is 2.38 bits per heavy atom. The number of nitrogens with zero attached hydrogens (tertiary/aromatic N) is 1. The maximum Gasteiger partial charge on any atom is 0.416 e. The van der Waals surface area contributed by atoms with E-state index < -0.39 is 11.7 Å². The number of aromatic amines is 1. The standard InChI is InChI=1S/C14H11F3N4/c15-14(16,17)8-2-4-11-12(6-8)21-13(20-11)7-1-3-9(18)10(19)5-7/h1-6H,18-19H2,(H,20,21). The van der Waals surface area contributed by atoms with Gasteiger partial charge in [0.05, 0.1) is 28.0 Å². The summed E-state index contributed by atoms with van der Waals surface area (Å²) in [5.74, 6) is 0.441. The Hall–Kier alpha value is -2.70. The highest BCUT2D eigenvalue weighted by atomic mass is 19.4. The Morgan fingerprint density at radius 1 is 0.952 bits per heavy atom. The van der Waals surface area contributed by atoms with E-state index in [1.165, 1.54) is 6.07 Å². The Morgan fingerprint density at radius 2 is 1.71 bits per heavy atom. The molecule has 2 aromatic carbocycles. The topological polar surface area (TPSA) is 80.7 Å². The summed E-state index contributed by atoms with van der Waals surface area (Å²) in [6.07, 6.45) is -4.39. The Kier molecular flexibility index (Phi) is 2.79. The molecule has 5 N–H and O–H groups in total. The number of nitrogens with two attached hydrogens (primary N) is 2. The van der Waals surface area contributed by atoms with E-state index in [4.69, 9.17) is 11.5 Å². The zero-order chi connectivity index (χ0) is 15.2. The van der Waals surface area contributed by atoms with Crippen molar-refractivity contribution in [2.24, 2.45) is 0 Å². The number of hydrogen-bond donors (Lipinski definition) is 3. The van der Waals surface area contributed by atoms with Crippen molar-refractivity contribution in [3.05, 3.63) is 42.0 Å². The Bertz CT molecular complexity index is 821. The smallest absolute Gasteiger partial charge is 0.397 e. The largest absolute Gasteiger partial charge is 0.416 e. The third-order valence-electron chi connectivity index (χ3n) is 3.17. The molecule has 0 radical (unpaired) electrons. The van der Waals surface area contributed by atoms with E-state index in [-0.39, 0.29) is 5.52 Å². The number of aromatic nitrogens is 2. The quantitative estimate of drug-likeness (QED) is 0.601. The van der Waals surface area contributed by atoms with Crippen LogP contribution in [0, 0.1) is 0 Å². The molecule has 0 aliphatic rings. The van der Waals surface area contributed by atoms with Crippen molar-refractivity contribution in [3.63, 3.8) is 0 Å². The number of nitrogens with one attached hydrogen (secondary N) is 1. The third-order valence-corrected chi connectivity index (χ3v) is 3.17. The van der Waals surface area contributed by atoms with Crippen LogP contribution in [0.2, 0.25) is 0 Å². The zero-order valence-corrected chi connectivity index (χ0v) is 10.7. The van der Waals surface area contributed by atoms with Crippen LogP contribution in [0.3, 0.4) is 0 Å². The highest BCUT2D eigenvalue weighted by Gasteiger charge is 2.30. The zero-order valence-electron chi connectivity index (χ0n) is 10.7. The van der Waals surface area contributed by atoms with Gasteiger partial charge in [0.2, 0.25) is 0 Å². The van der Waals surface area contributed by atoms with Gasteiger partial charge in [-0.3, -0.25) is 0 Å². The maximum atomic E-state index is 12.7. The first-order valence-electron chi connectivity index (χ1n) is 6.07. The number of hydrogen-bond acceptors (Lipinski definition) is 3. The van der Waals surface area contributed by atoms with Crippen molar-refractivity contribution in [2.75, 3.05) is 11.5 Å². The number of fused-ring (bicyclic) bond motifs is 1. The minimum atomic E-state index is -4.39. The fourth-order valence-corrected chi connectivity index (χ4v) is 2.04. The first-order chi connectivity index (χ1) is 9.84. The number of nitrogen functional groups attached to an aromatic ring is 2. The normalized spacial score (nSPS) is 12.0. The molecule has 0 atom stereocenters. The van der Waals surface area contributed by atoms with Crippen molar-refractivity contribution < 1.29 is 13.2 Å². The van der Waals surface area contributed by atoms with Gasteiger partial charge in [-0.2, -0.15) is 13.2 Å². The summed E-state index contributed by atoms with van der Waals surface area (Å²) in [4.78, 5) is 7.14. The summed E-state index contributed by atoms with van der Waals surface area (Å²) in [6, 6.07) is 8.33. The fraction of sp³-hybridized carbons (Fsp3) is 0.0714. The van der Waals surface area contributed by atoms with Gasteiger partial charge in [-0.25, -0.2) is 4.98 Å². The molecule has 1 aromatic heterocycles. The number of benzene rings is 2. The van der Waals surface area contributed by atoms with Crippen molar-refractivity contribution in [3.8, 4) is 11.4 Å². The number of rotatable bonds is 1. The summed E-state index contributed by atoms with van der Waals surface area (Å²) < 4.78 is 38.0. The van der Waals surface area contributed by atoms with Gasteiger partial charge < -0.3 is 16.5 Å². The lowest BCUT2D eigenvalue weighted by Crippen LogP contribution is -2.04. The molecule has 21 heavy (non-hydrogen) atoms. The maximum absolute atomic E-state index is 12.7. The minimum Gasteiger partial charge on any atom is -0.397 e. The van der Waals surface area contributed by atoms with Gasteiger partial charge in [-0.05, 0) is 36.4 Å². The second-order valence-electron chi connectivity index (χ2n) is 4.66. The van der Waals surface area contributed by atoms with E-state index in [1.54, 1.807) is 18.2 Å². The molecule has 0 spiro atoms. The summed E-state index contributed by atoms with van der Waals surface area (Å²) in [5.41, 5.74) is 12.9. The van der Waals surface area contributed by atoms with Gasteiger partial charge in [0.15, 0.2) is 0 Å². The first kappa shape index (κ1) is 13.3. The van der Waals surface area contributed by atoms with Crippen molar-refractivity contribution in [1.82, 2.24) is 9.97 Å². The molecular weight excluding hydrogens is 281 g/mol. The second kappa shape index (κ2) is 4.41. The fourth-order valence-electron chi connectivity index (χ4n) is 2.04. The third kappa shape index (κ3) is 2.37. The van der Waals surface area contributed by atoms with Gasteiger partial charge in [0, 0.05) is 5.56 Å². The number of H-pyrrole nitrogens is 1. The predicted octanol–water partition coefficient (Wildman–Crippen LogP) is 3.41. The van der Waals surface area contributed by atoms with Crippen LogP contribution in [-0.4, -0.2) is 9.97 Å². The van der Waals surface area contributed by atoms with E-state index >= 15 is 0 Å². The molecule has 0 unspecified atom stereocenters. The van der Waals surface area contributed by atoms with E-state index in [0.29, 0.717) is 28.3 Å². The lowest BCUT2D eigenvalue weighted by molar-refractivity contribution is -0.137. The van der Waals surface area contributed by atoms with Gasteiger partial charge in [-0.1, -0.05) is 0 Å². The van der Waals surface area contributed by atoms with Crippen LogP contribution < -0.4 is 11.5 Å². The summed E-state index contributed by atoms with van der Waals surface area (Å²) in [5, 5.41) is 0. The molecule has 0 bridgehead atoms. The average molecular weight is 292 g/mol. The molecule has 0 fully saturated rings. The second-order valence-corrected chi connectivity index (χ2v) is 4.66. The molecule has 0 saturated carbocycles. The highest BCUT2D eigenvalue weighted by Crippen LogP contribution is 2.32. The lowest BCUT2D eigenvalue weighted by Gasteiger charge is -2.04. The van der Waals surface area contributed by atoms with Crippen LogP contribution in [0.15, 0.2) is 36.4 Å². The van der Waals surface area contributed by atoms with Crippen LogP contribution in [-0.2, 0) is 6.18 Å². The van der Waals surface area contributed by atoms with E-state index in [2.05, 4.69) is 9.97 Å². The molecule has 3 aromatic rings. The lowest BCUT2D eigenvalue weighted by atomic mass is 10.1. The molecule has 0 saturated heterocycles. The highest BCUT2D eigenvalue weighted by molar-refractivity contribution is 5.81. The van der Waals surface area contributed by atoms with Gasteiger partial charge in [-0.15, -0.1) is 0 Å². The van der Waals surface area contributed by atoms with Gasteiger partial charge in [0.1, 0.15) is 5.82 Å². The molecule has 7 heteroatoms. The van der Waals surface area contributed by atoms with Gasteiger partial charge >= 0.3 is 6.18 Å². The van der Waals surface area contributed by atoms with Crippen LogP contribution >= 0.6 is 0 Å². The molecule has 108 valence electrons. The van der Waals surface area contributed by atoms with Crippen LogP contribution in [0.1, 0.15) is 5.56 Å². The Labute approximate surface area is 117 Å². The molecule has 0 amide bonds. The number of imidazole rings is 1. The molecule has 1 heterocycles. The van der Waals surface area contributed by atoms with Crippen LogP contribution in [0.5, 0.6) is 0 Å². The van der Waals surface area contributed by atoms with E-state index in [9.17, 15) is 13.2 Å². The average Bonchev–Trinajstić information content (AvgIpc) is 2.83. The van der Waals surface area contributed by atoms with Crippen molar-refractivity contribution in [1.29, 1.82) is 0 Å². The number of alkyl halides is 3. The van der Waals surface area contributed by atoms with Crippen LogP contribution in [0.25, 0.3) is 22.4 Å². The SMILES string of the molecule is Nc1ccc(-c2nc3cc(C(F)(F)F)ccc3[nH]2)cc1N. The molecule has 0 aliphatic heterocycles. The predicted molar refractivity (Wildman–Crippen MR) is 75.4 cm³/mol. The number of halogens is 3. The minimum absolute atomic E-state index is 0.246. The van der Waals surface area contributed by atoms with Gasteiger partial charge in [0.25, 0.3) is 0 Å². The first-order valence-corrected chi connectivity index (χ1v) is 6.07. The van der Waals surface area contributed by atoms with E-state index in [1.807, 2.05) is 0 Å². The Balaban J connectivity index is 2.10. The summed E-state index contributed by atoms with van der Waals surface area (Å²) in [6.45, 7) is 0. The molecule has 4 nitrogen and oxygen atoms in total. The molecule has 3 rings (SSSR count). The van der Waals surface area contributed by atoms with E-state index in [0.717, 1.165) is 12.1 Å². The monoisotopic (exact) mass is 292 g/mol. The summed E-state index contributed by atoms with van der Waals surface area (Å²) in [7, 11) is 0. The summed E-state index contributed by atoms with van der Waals surface area (Å²) >= 11 is 0. The molecule has 0 aliphatic carbocycles.